The molecule has 0 saturated carbocycles. The highest BCUT2D eigenvalue weighted by Crippen LogP contribution is 2.01. The Balaban J connectivity index is 2.06. The Morgan fingerprint density at radius 1 is 1.06 bits per heavy atom. The van der Waals surface area contributed by atoms with Gasteiger partial charge in [0.15, 0.2) is 0 Å². The summed E-state index contributed by atoms with van der Waals surface area (Å²) in [5, 5.41) is -0.443. The van der Waals surface area contributed by atoms with E-state index in [-0.39, 0.29) is 38.6 Å². The van der Waals surface area contributed by atoms with E-state index in [1.807, 2.05) is 30.3 Å². The van der Waals surface area contributed by atoms with Crippen molar-refractivity contribution in [3.63, 3.8) is 0 Å². The summed E-state index contributed by atoms with van der Waals surface area (Å²) in [6.07, 6.45) is 0.323. The van der Waals surface area contributed by atoms with E-state index in [9.17, 15) is 9.59 Å². The molecule has 98 valence electrons. The molecule has 0 aliphatic carbocycles. The predicted molar refractivity (Wildman–Crippen MR) is 67.2 cm³/mol. The first-order valence-corrected chi connectivity index (χ1v) is 6.02. The lowest BCUT2D eigenvalue weighted by Gasteiger charge is -2.05. The number of rotatable bonds is 8. The Hall–Kier alpha value is -1.39. The first-order valence-electron chi connectivity index (χ1n) is 5.64. The van der Waals surface area contributed by atoms with Crippen molar-refractivity contribution in [3.05, 3.63) is 35.9 Å². The number of esters is 1. The zero-order valence-corrected chi connectivity index (χ0v) is 10.7. The molecular weight excluding hydrogens is 256 g/mol. The molecule has 0 N–H and O–H groups in total. The van der Waals surface area contributed by atoms with Crippen molar-refractivity contribution >= 4 is 22.8 Å². The second-order valence-corrected chi connectivity index (χ2v) is 4.04. The lowest BCUT2D eigenvalue weighted by Crippen LogP contribution is -2.09. The summed E-state index contributed by atoms with van der Waals surface area (Å²) < 4.78 is 10.1. The lowest BCUT2D eigenvalue weighted by molar-refractivity contribution is -0.146. The van der Waals surface area contributed by atoms with Gasteiger partial charge in [0.1, 0.15) is 6.61 Å². The quantitative estimate of drug-likeness (QED) is 0.413. The molecule has 0 fully saturated rings. The van der Waals surface area contributed by atoms with Crippen LogP contribution < -0.4 is 0 Å². The average Bonchev–Trinajstić information content (AvgIpc) is 2.37. The summed E-state index contributed by atoms with van der Waals surface area (Å²) in [6, 6.07) is 9.44. The second-order valence-electron chi connectivity index (χ2n) is 3.61. The minimum absolute atomic E-state index is 0.153. The van der Waals surface area contributed by atoms with Crippen LogP contribution in [0, 0.1) is 0 Å². The molecular formula is C13H15ClO4. The van der Waals surface area contributed by atoms with Crippen LogP contribution in [0.5, 0.6) is 0 Å². The van der Waals surface area contributed by atoms with Crippen molar-refractivity contribution in [2.45, 2.75) is 19.4 Å². The van der Waals surface area contributed by atoms with Crippen LogP contribution >= 0.6 is 11.6 Å². The molecule has 1 aromatic rings. The maximum Gasteiger partial charge on any atom is 0.308 e. The molecule has 0 saturated heterocycles. The third-order valence-corrected chi connectivity index (χ3v) is 2.33. The molecule has 0 aliphatic heterocycles. The molecule has 4 nitrogen and oxygen atoms in total. The van der Waals surface area contributed by atoms with Crippen molar-refractivity contribution in [3.8, 4) is 0 Å². The zero-order chi connectivity index (χ0) is 13.2. The lowest BCUT2D eigenvalue weighted by atomic mass is 10.2. The molecule has 5 heteroatoms. The van der Waals surface area contributed by atoms with Crippen LogP contribution in [-0.2, 0) is 25.7 Å². The molecule has 1 aromatic carbocycles. The van der Waals surface area contributed by atoms with Crippen LogP contribution in [0.25, 0.3) is 0 Å². The number of ether oxygens (including phenoxy) is 2. The van der Waals surface area contributed by atoms with Crippen molar-refractivity contribution < 1.29 is 19.1 Å². The van der Waals surface area contributed by atoms with Crippen molar-refractivity contribution in [1.82, 2.24) is 0 Å². The average molecular weight is 271 g/mol. The Morgan fingerprint density at radius 3 is 2.39 bits per heavy atom. The predicted octanol–water partition coefficient (Wildman–Crippen LogP) is 2.29. The smallest absolute Gasteiger partial charge is 0.308 e. The number of halogens is 1. The van der Waals surface area contributed by atoms with Gasteiger partial charge in [-0.3, -0.25) is 9.59 Å². The molecule has 0 aliphatic rings. The molecule has 0 atom stereocenters. The Kier molecular flexibility index (Phi) is 7.06. The van der Waals surface area contributed by atoms with Gasteiger partial charge in [-0.2, -0.15) is 0 Å². The standard InChI is InChI=1S/C13H15ClO4/c14-12(15)6-8-17-9-7-13(16)18-10-11-4-2-1-3-5-11/h1-5H,6-10H2. The Morgan fingerprint density at radius 2 is 1.72 bits per heavy atom. The second kappa shape index (κ2) is 8.66. The van der Waals surface area contributed by atoms with E-state index < -0.39 is 5.24 Å². The van der Waals surface area contributed by atoms with Gasteiger partial charge in [-0.25, -0.2) is 0 Å². The van der Waals surface area contributed by atoms with E-state index in [0.717, 1.165) is 5.56 Å². The van der Waals surface area contributed by atoms with Gasteiger partial charge in [0.2, 0.25) is 5.24 Å². The van der Waals surface area contributed by atoms with Gasteiger partial charge in [-0.15, -0.1) is 0 Å². The van der Waals surface area contributed by atoms with Crippen molar-refractivity contribution in [1.29, 1.82) is 0 Å². The number of hydrogen-bond donors (Lipinski definition) is 0. The van der Waals surface area contributed by atoms with Crippen LogP contribution in [0.2, 0.25) is 0 Å². The summed E-state index contributed by atoms with van der Waals surface area (Å²) in [4.78, 5) is 21.7. The van der Waals surface area contributed by atoms with E-state index in [4.69, 9.17) is 21.1 Å². The summed E-state index contributed by atoms with van der Waals surface area (Å²) in [5.41, 5.74) is 0.944. The summed E-state index contributed by atoms with van der Waals surface area (Å²) >= 11 is 5.13. The fraction of sp³-hybridized carbons (Fsp3) is 0.385. The SMILES string of the molecule is O=C(Cl)CCOCCC(=O)OCc1ccccc1. The third-order valence-electron chi connectivity index (χ3n) is 2.14. The molecule has 18 heavy (non-hydrogen) atoms. The number of hydrogen-bond acceptors (Lipinski definition) is 4. The van der Waals surface area contributed by atoms with Gasteiger partial charge in [0.25, 0.3) is 0 Å². The maximum atomic E-state index is 11.3. The number of carbonyl (C=O) groups excluding carboxylic acids is 2. The first-order chi connectivity index (χ1) is 8.68. The maximum absolute atomic E-state index is 11.3. The van der Waals surface area contributed by atoms with Gasteiger partial charge in [0.05, 0.1) is 19.6 Å². The molecule has 0 heterocycles. The van der Waals surface area contributed by atoms with Gasteiger partial charge in [-0.05, 0) is 17.2 Å². The Bertz CT molecular complexity index is 378. The minimum atomic E-state index is -0.443. The highest BCUT2D eigenvalue weighted by Gasteiger charge is 2.03. The van der Waals surface area contributed by atoms with E-state index in [1.165, 1.54) is 0 Å². The zero-order valence-electron chi connectivity index (χ0n) is 9.93. The van der Waals surface area contributed by atoms with Crippen molar-refractivity contribution in [2.75, 3.05) is 13.2 Å². The minimum Gasteiger partial charge on any atom is -0.461 e. The van der Waals surface area contributed by atoms with Crippen molar-refractivity contribution in [2.24, 2.45) is 0 Å². The van der Waals surface area contributed by atoms with E-state index in [2.05, 4.69) is 0 Å². The fourth-order valence-electron chi connectivity index (χ4n) is 1.22. The first kappa shape index (κ1) is 14.7. The van der Waals surface area contributed by atoms with E-state index >= 15 is 0 Å². The summed E-state index contributed by atoms with van der Waals surface area (Å²) in [5.74, 6) is -0.323. The van der Waals surface area contributed by atoms with Gasteiger partial charge < -0.3 is 9.47 Å². The molecule has 0 aromatic heterocycles. The van der Waals surface area contributed by atoms with Crippen LogP contribution in [-0.4, -0.2) is 24.4 Å². The van der Waals surface area contributed by atoms with Crippen LogP contribution in [0.4, 0.5) is 0 Å². The summed E-state index contributed by atoms with van der Waals surface area (Å²) in [6.45, 7) is 0.728. The van der Waals surface area contributed by atoms with E-state index in [0.29, 0.717) is 0 Å². The van der Waals surface area contributed by atoms with Crippen LogP contribution in [0.1, 0.15) is 18.4 Å². The topological polar surface area (TPSA) is 52.6 Å². The van der Waals surface area contributed by atoms with Crippen LogP contribution in [0.3, 0.4) is 0 Å². The third kappa shape index (κ3) is 7.04. The molecule has 1 rings (SSSR count). The largest absolute Gasteiger partial charge is 0.461 e. The molecule has 0 radical (unpaired) electrons. The number of carbonyl (C=O) groups is 2. The molecule has 0 unspecified atom stereocenters. The molecule has 0 bridgehead atoms. The van der Waals surface area contributed by atoms with Gasteiger partial charge >= 0.3 is 5.97 Å². The highest BCUT2D eigenvalue weighted by molar-refractivity contribution is 6.63. The van der Waals surface area contributed by atoms with Gasteiger partial charge in [0, 0.05) is 6.42 Å². The van der Waals surface area contributed by atoms with E-state index in [1.54, 1.807) is 0 Å². The Labute approximate surface area is 111 Å². The molecule has 0 amide bonds. The van der Waals surface area contributed by atoms with Crippen LogP contribution in [0.15, 0.2) is 30.3 Å². The highest BCUT2D eigenvalue weighted by atomic mass is 35.5. The molecule has 0 spiro atoms. The van der Waals surface area contributed by atoms with Gasteiger partial charge in [-0.1, -0.05) is 30.3 Å². The normalized spacial score (nSPS) is 10.1. The fourth-order valence-corrected chi connectivity index (χ4v) is 1.30. The monoisotopic (exact) mass is 270 g/mol. The number of benzene rings is 1. The summed E-state index contributed by atoms with van der Waals surface area (Å²) in [7, 11) is 0.